The van der Waals surface area contributed by atoms with Gasteiger partial charge in [-0.25, -0.2) is 4.79 Å². The number of carbonyl (C=O) groups is 3. The average Bonchev–Trinajstić information content (AvgIpc) is 3.01. The minimum atomic E-state index is -0.583. The molecule has 0 aliphatic carbocycles. The molecule has 0 N–H and O–H groups in total. The number of Topliss-reactive ketones (excluding diaryl/α,β-unsaturated/α-hetero) is 1. The average molecular weight is 298 g/mol. The maximum Gasteiger partial charge on any atom is 0.410 e. The summed E-state index contributed by atoms with van der Waals surface area (Å²) in [6, 6.07) is -0.583. The van der Waals surface area contributed by atoms with Crippen LogP contribution in [-0.4, -0.2) is 65.1 Å². The Bertz CT molecular complexity index is 440. The Morgan fingerprint density at radius 1 is 1.50 bits per heavy atom. The second-order valence-corrected chi connectivity index (χ2v) is 5.70. The quantitative estimate of drug-likeness (QED) is 0.608. The normalized spacial score (nSPS) is 25.9. The summed E-state index contributed by atoms with van der Waals surface area (Å²) in [5.74, 6) is -0.137. The second kappa shape index (κ2) is 6.30. The van der Waals surface area contributed by atoms with Crippen molar-refractivity contribution in [2.75, 3.05) is 26.2 Å². The lowest BCUT2D eigenvalue weighted by atomic mass is 10.2. The van der Waals surface area contributed by atoms with Gasteiger partial charge in [0.1, 0.15) is 12.6 Å². The molecule has 2 aliphatic rings. The number of ketones is 1. The first-order valence-corrected chi connectivity index (χ1v) is 7.07. The van der Waals surface area contributed by atoms with Crippen LogP contribution in [-0.2, 0) is 14.3 Å². The number of nitrogens with zero attached hydrogens (tertiary/aromatic N) is 2. The molecule has 2 atom stereocenters. The van der Waals surface area contributed by atoms with E-state index in [1.807, 2.05) is 0 Å². The molecule has 0 spiro atoms. The summed E-state index contributed by atoms with van der Waals surface area (Å²) in [7, 11) is 0. The molecule has 110 valence electrons. The van der Waals surface area contributed by atoms with Crippen LogP contribution in [0.4, 0.5) is 4.79 Å². The Morgan fingerprint density at radius 2 is 2.25 bits per heavy atom. The van der Waals surface area contributed by atoms with Gasteiger partial charge in [-0.1, -0.05) is 12.7 Å². The first-order valence-electron chi connectivity index (χ1n) is 6.55. The van der Waals surface area contributed by atoms with Gasteiger partial charge in [-0.15, -0.1) is 0 Å². The van der Waals surface area contributed by atoms with Crippen LogP contribution in [0.1, 0.15) is 12.8 Å². The topological polar surface area (TPSA) is 66.9 Å². The molecule has 2 saturated heterocycles. The monoisotopic (exact) mass is 298 g/mol. The zero-order valence-electron chi connectivity index (χ0n) is 11.2. The minimum Gasteiger partial charge on any atom is -0.445 e. The lowest BCUT2D eigenvalue weighted by Gasteiger charge is -2.26. The van der Waals surface area contributed by atoms with E-state index < -0.39 is 12.1 Å². The third-order valence-electron chi connectivity index (χ3n) is 3.46. The van der Waals surface area contributed by atoms with Crippen LogP contribution in [0.25, 0.3) is 0 Å². The van der Waals surface area contributed by atoms with E-state index in [-0.39, 0.29) is 30.1 Å². The Kier molecular flexibility index (Phi) is 4.69. The fourth-order valence-corrected chi connectivity index (χ4v) is 2.87. The van der Waals surface area contributed by atoms with Crippen LogP contribution in [0, 0.1) is 0 Å². The summed E-state index contributed by atoms with van der Waals surface area (Å²) in [4.78, 5) is 38.5. The number of ether oxygens (including phenoxy) is 1. The van der Waals surface area contributed by atoms with Crippen molar-refractivity contribution in [3.63, 3.8) is 0 Å². The zero-order valence-corrected chi connectivity index (χ0v) is 12.1. The maximum absolute atomic E-state index is 12.4. The number of hydrogen-bond donors (Lipinski definition) is 1. The van der Waals surface area contributed by atoms with Gasteiger partial charge in [0.15, 0.2) is 5.78 Å². The Hall–Kier alpha value is -1.50. The third kappa shape index (κ3) is 3.15. The standard InChI is InChI=1S/C13H18N2O4S/c1-2-5-19-13(18)15-8-10(20)6-11(15)12(17)14-4-3-9(16)7-14/h2,10-11,20H,1,3-8H2/t10-,11-/m0/s1. The highest BCUT2D eigenvalue weighted by Gasteiger charge is 2.42. The van der Waals surface area contributed by atoms with Crippen LogP contribution in [0.2, 0.25) is 0 Å². The first kappa shape index (κ1) is 14.9. The second-order valence-electron chi connectivity index (χ2n) is 4.97. The SMILES string of the molecule is C=CCOC(=O)N1C[C@@H](S)C[C@H]1C(=O)N1CCC(=O)C1. The summed E-state index contributed by atoms with van der Waals surface area (Å²) in [6.07, 6.45) is 1.81. The maximum atomic E-state index is 12.4. The predicted molar refractivity (Wildman–Crippen MR) is 75.6 cm³/mol. The predicted octanol–water partition coefficient (Wildman–Crippen LogP) is 0.483. The van der Waals surface area contributed by atoms with Gasteiger partial charge >= 0.3 is 6.09 Å². The van der Waals surface area contributed by atoms with E-state index in [1.54, 1.807) is 0 Å². The highest BCUT2D eigenvalue weighted by Crippen LogP contribution is 2.25. The number of hydrogen-bond acceptors (Lipinski definition) is 5. The molecule has 2 rings (SSSR count). The molecular formula is C13H18N2O4S. The molecule has 0 aromatic heterocycles. The molecule has 0 radical (unpaired) electrons. The molecule has 0 bridgehead atoms. The largest absolute Gasteiger partial charge is 0.445 e. The molecule has 20 heavy (non-hydrogen) atoms. The summed E-state index contributed by atoms with van der Waals surface area (Å²) in [5, 5.41) is -0.0569. The number of thiol groups is 1. The fraction of sp³-hybridized carbons (Fsp3) is 0.615. The molecule has 2 aliphatic heterocycles. The van der Waals surface area contributed by atoms with Crippen LogP contribution >= 0.6 is 12.6 Å². The van der Waals surface area contributed by atoms with E-state index in [4.69, 9.17) is 4.74 Å². The molecule has 0 aromatic rings. The Labute approximate surface area is 123 Å². The van der Waals surface area contributed by atoms with Gasteiger partial charge in [0, 0.05) is 24.8 Å². The first-order chi connectivity index (χ1) is 9.52. The van der Waals surface area contributed by atoms with Gasteiger partial charge in [-0.05, 0) is 6.42 Å². The van der Waals surface area contributed by atoms with Crippen molar-refractivity contribution in [2.24, 2.45) is 0 Å². The van der Waals surface area contributed by atoms with E-state index in [0.29, 0.717) is 25.9 Å². The van der Waals surface area contributed by atoms with E-state index in [0.717, 1.165) is 0 Å². The van der Waals surface area contributed by atoms with Gasteiger partial charge in [-0.2, -0.15) is 12.6 Å². The Morgan fingerprint density at radius 3 is 2.85 bits per heavy atom. The van der Waals surface area contributed by atoms with Crippen LogP contribution in [0.3, 0.4) is 0 Å². The Balaban J connectivity index is 2.03. The number of rotatable bonds is 3. The highest BCUT2D eigenvalue weighted by atomic mass is 32.1. The van der Waals surface area contributed by atoms with E-state index in [1.165, 1.54) is 15.9 Å². The minimum absolute atomic E-state index is 0.0551. The summed E-state index contributed by atoms with van der Waals surface area (Å²) >= 11 is 4.34. The van der Waals surface area contributed by atoms with E-state index in [2.05, 4.69) is 19.2 Å². The smallest absolute Gasteiger partial charge is 0.410 e. The summed E-state index contributed by atoms with van der Waals surface area (Å²) in [6.45, 7) is 4.53. The fourth-order valence-electron chi connectivity index (χ4n) is 2.49. The molecule has 0 saturated carbocycles. The molecule has 0 aromatic carbocycles. The molecule has 2 amide bonds. The molecular weight excluding hydrogens is 280 g/mol. The summed E-state index contributed by atoms with van der Waals surface area (Å²) in [5.41, 5.74) is 0. The summed E-state index contributed by atoms with van der Waals surface area (Å²) < 4.78 is 4.98. The van der Waals surface area contributed by atoms with Crippen molar-refractivity contribution in [2.45, 2.75) is 24.1 Å². The molecule has 7 heteroatoms. The van der Waals surface area contributed by atoms with E-state index in [9.17, 15) is 14.4 Å². The van der Waals surface area contributed by atoms with Crippen molar-refractivity contribution in [3.05, 3.63) is 12.7 Å². The van der Waals surface area contributed by atoms with Crippen LogP contribution < -0.4 is 0 Å². The third-order valence-corrected chi connectivity index (χ3v) is 3.84. The molecule has 2 heterocycles. The number of carbonyl (C=O) groups excluding carboxylic acids is 3. The van der Waals surface area contributed by atoms with Crippen molar-refractivity contribution in [1.29, 1.82) is 0 Å². The number of likely N-dealkylation sites (tertiary alicyclic amines) is 2. The highest BCUT2D eigenvalue weighted by molar-refractivity contribution is 7.81. The van der Waals surface area contributed by atoms with E-state index >= 15 is 0 Å². The van der Waals surface area contributed by atoms with Crippen molar-refractivity contribution in [3.8, 4) is 0 Å². The van der Waals surface area contributed by atoms with Crippen molar-refractivity contribution < 1.29 is 19.1 Å². The lowest BCUT2D eigenvalue weighted by Crippen LogP contribution is -2.47. The molecule has 0 unspecified atom stereocenters. The number of amides is 2. The van der Waals surface area contributed by atoms with Gasteiger partial charge in [-0.3, -0.25) is 14.5 Å². The van der Waals surface area contributed by atoms with Crippen LogP contribution in [0.5, 0.6) is 0 Å². The van der Waals surface area contributed by atoms with Gasteiger partial charge in [0.2, 0.25) is 5.91 Å². The van der Waals surface area contributed by atoms with Gasteiger partial charge in [0.05, 0.1) is 6.54 Å². The van der Waals surface area contributed by atoms with Crippen LogP contribution in [0.15, 0.2) is 12.7 Å². The molecule has 6 nitrogen and oxygen atoms in total. The van der Waals surface area contributed by atoms with Gasteiger partial charge < -0.3 is 9.64 Å². The van der Waals surface area contributed by atoms with Crippen molar-refractivity contribution >= 4 is 30.4 Å². The zero-order chi connectivity index (χ0) is 14.7. The van der Waals surface area contributed by atoms with Crippen molar-refractivity contribution in [1.82, 2.24) is 9.80 Å². The lowest BCUT2D eigenvalue weighted by molar-refractivity contribution is -0.135. The molecule has 2 fully saturated rings. The van der Waals surface area contributed by atoms with Gasteiger partial charge in [0.25, 0.3) is 0 Å².